The Morgan fingerprint density at radius 2 is 2.13 bits per heavy atom. The molecule has 1 N–H and O–H groups in total. The van der Waals surface area contributed by atoms with E-state index in [-0.39, 0.29) is 16.9 Å². The molecule has 0 bridgehead atoms. The van der Waals surface area contributed by atoms with Gasteiger partial charge in [0, 0.05) is 7.05 Å². The van der Waals surface area contributed by atoms with Crippen LogP contribution >= 0.6 is 22.9 Å². The number of alkyl halides is 3. The zero-order chi connectivity index (χ0) is 11.6. The lowest BCUT2D eigenvalue weighted by atomic mass is 10.6. The predicted molar refractivity (Wildman–Crippen MR) is 52.4 cm³/mol. The molecular weight excluding hydrogens is 253 g/mol. The van der Waals surface area contributed by atoms with Gasteiger partial charge in [-0.25, -0.2) is 4.98 Å². The number of hydrogen-bond acceptors (Lipinski definition) is 4. The van der Waals surface area contributed by atoms with Crippen LogP contribution in [-0.4, -0.2) is 29.9 Å². The molecule has 0 atom stereocenters. The van der Waals surface area contributed by atoms with Gasteiger partial charge in [-0.1, -0.05) is 22.9 Å². The Morgan fingerprint density at radius 1 is 1.53 bits per heavy atom. The summed E-state index contributed by atoms with van der Waals surface area (Å²) in [6, 6.07) is 0. The number of hydrogen-bond donors (Lipinski definition) is 1. The van der Waals surface area contributed by atoms with Crippen LogP contribution in [-0.2, 0) is 6.61 Å². The van der Waals surface area contributed by atoms with Gasteiger partial charge in [-0.05, 0) is 0 Å². The number of nitrogens with zero attached hydrogens (tertiary/aromatic N) is 2. The molecule has 0 fully saturated rings. The van der Waals surface area contributed by atoms with Crippen LogP contribution in [0.5, 0.6) is 0 Å². The van der Waals surface area contributed by atoms with E-state index in [1.807, 2.05) is 0 Å². The number of rotatable bonds is 3. The highest BCUT2D eigenvalue weighted by Crippen LogP contribution is 2.30. The monoisotopic (exact) mass is 260 g/mol. The fourth-order valence-electron chi connectivity index (χ4n) is 0.919. The van der Waals surface area contributed by atoms with Gasteiger partial charge in [0.2, 0.25) is 0 Å². The van der Waals surface area contributed by atoms with Crippen molar-refractivity contribution in [2.24, 2.45) is 0 Å². The third kappa shape index (κ3) is 3.51. The van der Waals surface area contributed by atoms with E-state index < -0.39 is 12.7 Å². The van der Waals surface area contributed by atoms with Gasteiger partial charge < -0.3 is 10.0 Å². The van der Waals surface area contributed by atoms with Gasteiger partial charge in [0.15, 0.2) is 5.13 Å². The van der Waals surface area contributed by atoms with Crippen LogP contribution in [0.3, 0.4) is 0 Å². The van der Waals surface area contributed by atoms with Crippen molar-refractivity contribution in [2.45, 2.75) is 12.8 Å². The first kappa shape index (κ1) is 12.5. The van der Waals surface area contributed by atoms with E-state index in [9.17, 15) is 13.2 Å². The summed E-state index contributed by atoms with van der Waals surface area (Å²) in [6.45, 7) is -1.42. The molecule has 3 nitrogen and oxygen atoms in total. The molecule has 0 spiro atoms. The largest absolute Gasteiger partial charge is 0.405 e. The standard InChI is InChI=1S/C7H8ClF3N2OS/c1-13(3-7(9,10)11)6-12-5(8)4(2-14)15-6/h14H,2-3H2,1H3. The molecule has 1 rings (SSSR count). The zero-order valence-electron chi connectivity index (χ0n) is 7.68. The van der Waals surface area contributed by atoms with Crippen molar-refractivity contribution in [2.75, 3.05) is 18.5 Å². The van der Waals surface area contributed by atoms with Crippen LogP contribution in [0.15, 0.2) is 0 Å². The topological polar surface area (TPSA) is 36.4 Å². The van der Waals surface area contributed by atoms with Crippen LogP contribution in [0.4, 0.5) is 18.3 Å². The molecule has 0 aliphatic rings. The minimum Gasteiger partial charge on any atom is -0.391 e. The van der Waals surface area contributed by atoms with Crippen molar-refractivity contribution < 1.29 is 18.3 Å². The molecule has 86 valence electrons. The average molecular weight is 261 g/mol. The first-order valence-electron chi connectivity index (χ1n) is 3.87. The molecule has 0 aliphatic heterocycles. The van der Waals surface area contributed by atoms with Gasteiger partial charge in [-0.15, -0.1) is 0 Å². The molecule has 1 aromatic rings. The van der Waals surface area contributed by atoms with Crippen LogP contribution in [0, 0.1) is 0 Å². The van der Waals surface area contributed by atoms with Crippen LogP contribution in [0.2, 0.25) is 5.15 Å². The lowest BCUT2D eigenvalue weighted by molar-refractivity contribution is -0.119. The molecule has 0 unspecified atom stereocenters. The number of aliphatic hydroxyl groups is 1. The number of anilines is 1. The Kier molecular flexibility index (Phi) is 3.80. The highest BCUT2D eigenvalue weighted by atomic mass is 35.5. The third-order valence-corrected chi connectivity index (χ3v) is 3.10. The maximum absolute atomic E-state index is 12.0. The summed E-state index contributed by atoms with van der Waals surface area (Å²) in [4.78, 5) is 5.02. The number of halogens is 4. The molecule has 1 heterocycles. The third-order valence-electron chi connectivity index (χ3n) is 1.52. The van der Waals surface area contributed by atoms with Crippen molar-refractivity contribution in [3.8, 4) is 0 Å². The Labute approximate surface area is 93.1 Å². The minimum atomic E-state index is -4.29. The molecule has 15 heavy (non-hydrogen) atoms. The van der Waals surface area contributed by atoms with Crippen molar-refractivity contribution in [3.63, 3.8) is 0 Å². The van der Waals surface area contributed by atoms with Crippen LogP contribution in [0.1, 0.15) is 4.88 Å². The summed E-state index contributed by atoms with van der Waals surface area (Å²) in [6.07, 6.45) is -4.29. The van der Waals surface area contributed by atoms with Gasteiger partial charge in [-0.3, -0.25) is 0 Å². The van der Waals surface area contributed by atoms with E-state index in [2.05, 4.69) is 4.98 Å². The second-order valence-electron chi connectivity index (χ2n) is 2.84. The number of thiazole rings is 1. The smallest absolute Gasteiger partial charge is 0.391 e. The minimum absolute atomic E-state index is 0.0477. The second kappa shape index (κ2) is 4.54. The van der Waals surface area contributed by atoms with Gasteiger partial charge in [0.25, 0.3) is 0 Å². The first-order chi connectivity index (χ1) is 6.83. The molecule has 0 saturated heterocycles. The highest BCUT2D eigenvalue weighted by Gasteiger charge is 2.30. The van der Waals surface area contributed by atoms with Gasteiger partial charge in [0.05, 0.1) is 11.5 Å². The van der Waals surface area contributed by atoms with Crippen molar-refractivity contribution in [3.05, 3.63) is 10.0 Å². The quantitative estimate of drug-likeness (QED) is 0.906. The van der Waals surface area contributed by atoms with Gasteiger partial charge >= 0.3 is 6.18 Å². The Bertz CT molecular complexity index is 341. The molecule has 0 saturated carbocycles. The summed E-state index contributed by atoms with van der Waals surface area (Å²) in [5.41, 5.74) is 0. The fraction of sp³-hybridized carbons (Fsp3) is 0.571. The lowest BCUT2D eigenvalue weighted by Gasteiger charge is -2.17. The normalized spacial score (nSPS) is 11.9. The van der Waals surface area contributed by atoms with Crippen LogP contribution in [0.25, 0.3) is 0 Å². The first-order valence-corrected chi connectivity index (χ1v) is 5.07. The number of aliphatic hydroxyl groups excluding tert-OH is 1. The Morgan fingerprint density at radius 3 is 2.53 bits per heavy atom. The summed E-state index contributed by atoms with van der Waals surface area (Å²) < 4.78 is 36.1. The Balaban J connectivity index is 2.78. The second-order valence-corrected chi connectivity index (χ2v) is 4.26. The summed E-state index contributed by atoms with van der Waals surface area (Å²) in [5, 5.41) is 8.98. The van der Waals surface area contributed by atoms with E-state index in [0.717, 1.165) is 16.2 Å². The number of aromatic nitrogens is 1. The van der Waals surface area contributed by atoms with E-state index >= 15 is 0 Å². The lowest BCUT2D eigenvalue weighted by Crippen LogP contribution is -2.30. The molecule has 0 aromatic carbocycles. The predicted octanol–water partition coefficient (Wildman–Crippen LogP) is 2.29. The SMILES string of the molecule is CN(CC(F)(F)F)c1nc(Cl)c(CO)s1. The van der Waals surface area contributed by atoms with Crippen molar-refractivity contribution in [1.29, 1.82) is 0 Å². The van der Waals surface area contributed by atoms with Crippen LogP contribution < -0.4 is 4.90 Å². The van der Waals surface area contributed by atoms with E-state index in [1.165, 1.54) is 7.05 Å². The maximum atomic E-state index is 12.0. The molecule has 0 amide bonds. The molecular formula is C7H8ClF3N2OS. The Hall–Kier alpha value is -0.530. The molecule has 0 radical (unpaired) electrons. The summed E-state index contributed by atoms with van der Waals surface area (Å²) in [5.74, 6) is 0. The van der Waals surface area contributed by atoms with Gasteiger partial charge in [0.1, 0.15) is 11.7 Å². The van der Waals surface area contributed by atoms with Gasteiger partial charge in [-0.2, -0.15) is 13.2 Å². The van der Waals surface area contributed by atoms with E-state index in [4.69, 9.17) is 16.7 Å². The highest BCUT2D eigenvalue weighted by molar-refractivity contribution is 7.16. The average Bonchev–Trinajstić information content (AvgIpc) is 2.43. The van der Waals surface area contributed by atoms with E-state index in [0.29, 0.717) is 4.88 Å². The summed E-state index contributed by atoms with van der Waals surface area (Å²) >= 11 is 6.53. The summed E-state index contributed by atoms with van der Waals surface area (Å²) in [7, 11) is 1.27. The fourth-order valence-corrected chi connectivity index (χ4v) is 2.00. The van der Waals surface area contributed by atoms with E-state index in [1.54, 1.807) is 0 Å². The molecule has 8 heteroatoms. The van der Waals surface area contributed by atoms with Crippen molar-refractivity contribution >= 4 is 28.1 Å². The maximum Gasteiger partial charge on any atom is 0.405 e. The molecule has 1 aromatic heterocycles. The van der Waals surface area contributed by atoms with Crippen molar-refractivity contribution in [1.82, 2.24) is 4.98 Å². The molecule has 0 aliphatic carbocycles. The zero-order valence-corrected chi connectivity index (χ0v) is 9.25.